The first-order valence-electron chi connectivity index (χ1n) is 7.83. The average molecular weight is 315 g/mol. The van der Waals surface area contributed by atoms with E-state index >= 15 is 0 Å². The van der Waals surface area contributed by atoms with E-state index in [0.717, 1.165) is 33.3 Å². The Hall–Kier alpha value is -3.20. The number of aromatic amines is 1. The van der Waals surface area contributed by atoms with Crippen molar-refractivity contribution in [2.45, 2.75) is 6.92 Å². The number of aryl methyl sites for hydroxylation is 1. The molecule has 3 N–H and O–H groups in total. The van der Waals surface area contributed by atoms with Gasteiger partial charge < -0.3 is 15.2 Å². The summed E-state index contributed by atoms with van der Waals surface area (Å²) in [4.78, 5) is 3.50. The number of nitrogens with one attached hydrogen (secondary N) is 1. The fraction of sp³-hybridized carbons (Fsp3) is 0.0476. The lowest BCUT2D eigenvalue weighted by Crippen LogP contribution is -1.83. The Labute approximate surface area is 139 Å². The number of aromatic hydroxyl groups is 2. The summed E-state index contributed by atoms with van der Waals surface area (Å²) in [6, 6.07) is 20.7. The van der Waals surface area contributed by atoms with Gasteiger partial charge in [-0.1, -0.05) is 23.8 Å². The first-order valence-corrected chi connectivity index (χ1v) is 7.83. The zero-order valence-electron chi connectivity index (χ0n) is 13.2. The van der Waals surface area contributed by atoms with Crippen molar-refractivity contribution in [2.75, 3.05) is 0 Å². The van der Waals surface area contributed by atoms with Crippen molar-refractivity contribution in [3.05, 3.63) is 72.3 Å². The van der Waals surface area contributed by atoms with Crippen LogP contribution < -0.4 is 0 Å². The van der Waals surface area contributed by atoms with Crippen molar-refractivity contribution >= 4 is 10.9 Å². The first kappa shape index (κ1) is 14.4. The van der Waals surface area contributed by atoms with Gasteiger partial charge in [-0.25, -0.2) is 0 Å². The Morgan fingerprint density at radius 1 is 0.708 bits per heavy atom. The van der Waals surface area contributed by atoms with Crippen molar-refractivity contribution in [1.29, 1.82) is 0 Å². The van der Waals surface area contributed by atoms with Crippen LogP contribution in [0, 0.1) is 6.92 Å². The molecule has 0 aliphatic rings. The summed E-state index contributed by atoms with van der Waals surface area (Å²) in [5.74, 6) is 0.498. The van der Waals surface area contributed by atoms with Crippen LogP contribution >= 0.6 is 0 Å². The fourth-order valence-electron chi connectivity index (χ4n) is 3.08. The second-order valence-corrected chi connectivity index (χ2v) is 6.02. The topological polar surface area (TPSA) is 56.2 Å². The molecule has 0 atom stereocenters. The van der Waals surface area contributed by atoms with Gasteiger partial charge in [0, 0.05) is 16.5 Å². The molecule has 3 heteroatoms. The summed E-state index contributed by atoms with van der Waals surface area (Å²) in [6.45, 7) is 2.08. The van der Waals surface area contributed by atoms with E-state index in [9.17, 15) is 10.2 Å². The highest BCUT2D eigenvalue weighted by atomic mass is 16.3. The number of fused-ring (bicyclic) bond motifs is 1. The van der Waals surface area contributed by atoms with Crippen molar-refractivity contribution in [1.82, 2.24) is 4.98 Å². The van der Waals surface area contributed by atoms with Gasteiger partial charge in [-0.3, -0.25) is 0 Å². The second-order valence-electron chi connectivity index (χ2n) is 6.02. The molecule has 0 amide bonds. The lowest BCUT2D eigenvalue weighted by Gasteiger charge is -2.07. The molecule has 0 bridgehead atoms. The van der Waals surface area contributed by atoms with Crippen LogP contribution in [-0.4, -0.2) is 15.2 Å². The zero-order valence-corrected chi connectivity index (χ0v) is 13.2. The summed E-state index contributed by atoms with van der Waals surface area (Å²) in [5.41, 5.74) is 6.39. The maximum atomic E-state index is 9.59. The van der Waals surface area contributed by atoms with E-state index < -0.39 is 0 Å². The average Bonchev–Trinajstić information content (AvgIpc) is 2.95. The normalized spacial score (nSPS) is 11.0. The Morgan fingerprint density at radius 2 is 1.29 bits per heavy atom. The maximum Gasteiger partial charge on any atom is 0.115 e. The predicted molar refractivity (Wildman–Crippen MR) is 97.2 cm³/mol. The molecular weight excluding hydrogens is 298 g/mol. The quantitative estimate of drug-likeness (QED) is 0.475. The van der Waals surface area contributed by atoms with Crippen LogP contribution in [0.1, 0.15) is 5.56 Å². The van der Waals surface area contributed by atoms with Gasteiger partial charge >= 0.3 is 0 Å². The molecule has 0 saturated carbocycles. The number of aromatic nitrogens is 1. The van der Waals surface area contributed by atoms with Crippen LogP contribution in [0.4, 0.5) is 0 Å². The van der Waals surface area contributed by atoms with E-state index in [1.54, 1.807) is 24.3 Å². The zero-order chi connectivity index (χ0) is 16.7. The van der Waals surface area contributed by atoms with Crippen LogP contribution in [0.3, 0.4) is 0 Å². The van der Waals surface area contributed by atoms with Gasteiger partial charge in [-0.15, -0.1) is 0 Å². The van der Waals surface area contributed by atoms with Gasteiger partial charge in [0.15, 0.2) is 0 Å². The minimum absolute atomic E-state index is 0.247. The highest BCUT2D eigenvalue weighted by Gasteiger charge is 2.15. The van der Waals surface area contributed by atoms with Gasteiger partial charge in [0.05, 0.1) is 5.69 Å². The molecule has 0 fully saturated rings. The molecule has 0 unspecified atom stereocenters. The molecular formula is C21H17NO2. The highest BCUT2D eigenvalue weighted by molar-refractivity contribution is 6.04. The standard InChI is InChI=1S/C21H17NO2/c1-13-2-11-19-18(12-13)20(14-3-7-16(23)8-4-14)21(22-19)15-5-9-17(24)10-6-15/h2-12,22-24H,1H3. The Kier molecular flexibility index (Phi) is 3.28. The second kappa shape index (κ2) is 5.46. The Morgan fingerprint density at radius 3 is 1.92 bits per heavy atom. The van der Waals surface area contributed by atoms with Crippen molar-refractivity contribution in [2.24, 2.45) is 0 Å². The van der Waals surface area contributed by atoms with Crippen molar-refractivity contribution < 1.29 is 10.2 Å². The molecule has 0 aliphatic heterocycles. The minimum Gasteiger partial charge on any atom is -0.508 e. The van der Waals surface area contributed by atoms with Crippen LogP contribution in [0.5, 0.6) is 11.5 Å². The third kappa shape index (κ3) is 2.40. The van der Waals surface area contributed by atoms with E-state index in [2.05, 4.69) is 30.1 Å². The van der Waals surface area contributed by atoms with E-state index in [0.29, 0.717) is 0 Å². The van der Waals surface area contributed by atoms with Crippen LogP contribution in [0.15, 0.2) is 66.7 Å². The molecule has 3 aromatic carbocycles. The number of phenols is 2. The number of hydrogen-bond acceptors (Lipinski definition) is 2. The molecule has 0 spiro atoms. The third-order valence-corrected chi connectivity index (χ3v) is 4.27. The third-order valence-electron chi connectivity index (χ3n) is 4.27. The van der Waals surface area contributed by atoms with Crippen LogP contribution in [0.25, 0.3) is 33.3 Å². The Balaban J connectivity index is 2.03. The fourth-order valence-corrected chi connectivity index (χ4v) is 3.08. The van der Waals surface area contributed by atoms with Gasteiger partial charge in [0.25, 0.3) is 0 Å². The van der Waals surface area contributed by atoms with Crippen molar-refractivity contribution in [3.63, 3.8) is 0 Å². The number of H-pyrrole nitrogens is 1. The molecule has 4 rings (SSSR count). The largest absolute Gasteiger partial charge is 0.508 e. The van der Waals surface area contributed by atoms with Crippen LogP contribution in [0.2, 0.25) is 0 Å². The Bertz CT molecular complexity index is 1010. The van der Waals surface area contributed by atoms with E-state index in [4.69, 9.17) is 0 Å². The van der Waals surface area contributed by atoms with E-state index in [1.807, 2.05) is 24.3 Å². The molecule has 1 heterocycles. The smallest absolute Gasteiger partial charge is 0.115 e. The summed E-state index contributed by atoms with van der Waals surface area (Å²) in [5, 5.41) is 20.3. The summed E-state index contributed by atoms with van der Waals surface area (Å²) in [7, 11) is 0. The molecule has 0 saturated heterocycles. The molecule has 1 aromatic heterocycles. The number of phenolic OH excluding ortho intramolecular Hbond substituents is 2. The molecule has 0 aliphatic carbocycles. The van der Waals surface area contributed by atoms with Crippen LogP contribution in [-0.2, 0) is 0 Å². The van der Waals surface area contributed by atoms with Gasteiger partial charge in [0.2, 0.25) is 0 Å². The van der Waals surface area contributed by atoms with Gasteiger partial charge in [-0.05, 0) is 66.6 Å². The lowest BCUT2D eigenvalue weighted by molar-refractivity contribution is 0.475. The van der Waals surface area contributed by atoms with Crippen molar-refractivity contribution in [3.8, 4) is 33.9 Å². The first-order chi connectivity index (χ1) is 11.6. The molecule has 3 nitrogen and oxygen atoms in total. The summed E-state index contributed by atoms with van der Waals surface area (Å²) >= 11 is 0. The predicted octanol–water partition coefficient (Wildman–Crippen LogP) is 5.22. The summed E-state index contributed by atoms with van der Waals surface area (Å²) < 4.78 is 0. The SMILES string of the molecule is Cc1ccc2[nH]c(-c3ccc(O)cc3)c(-c3ccc(O)cc3)c2c1. The highest BCUT2D eigenvalue weighted by Crippen LogP contribution is 2.39. The van der Waals surface area contributed by atoms with Gasteiger partial charge in [0.1, 0.15) is 11.5 Å². The molecule has 24 heavy (non-hydrogen) atoms. The monoisotopic (exact) mass is 315 g/mol. The minimum atomic E-state index is 0.247. The number of benzene rings is 3. The summed E-state index contributed by atoms with van der Waals surface area (Å²) in [6.07, 6.45) is 0. The molecule has 0 radical (unpaired) electrons. The number of rotatable bonds is 2. The molecule has 4 aromatic rings. The van der Waals surface area contributed by atoms with E-state index in [1.165, 1.54) is 5.56 Å². The van der Waals surface area contributed by atoms with Gasteiger partial charge in [-0.2, -0.15) is 0 Å². The lowest BCUT2D eigenvalue weighted by atomic mass is 9.97. The number of hydrogen-bond donors (Lipinski definition) is 3. The molecule has 118 valence electrons. The van der Waals surface area contributed by atoms with E-state index in [-0.39, 0.29) is 11.5 Å². The maximum absolute atomic E-state index is 9.59.